The maximum atomic E-state index is 5.26. The average molecular weight is 163 g/mol. The van der Waals surface area contributed by atoms with Crippen LogP contribution in [0.1, 0.15) is 44.9 Å². The molecule has 0 bridgehead atoms. The van der Waals surface area contributed by atoms with Gasteiger partial charge in [0.25, 0.3) is 0 Å². The van der Waals surface area contributed by atoms with E-state index in [0.717, 1.165) is 5.92 Å². The fourth-order valence-corrected chi connectivity index (χ4v) is 1.95. The van der Waals surface area contributed by atoms with Crippen molar-refractivity contribution >= 4 is 0 Å². The zero-order chi connectivity index (χ0) is 8.65. The molecule has 12 heavy (non-hydrogen) atoms. The summed E-state index contributed by atoms with van der Waals surface area (Å²) >= 11 is 0. The molecule has 0 heterocycles. The van der Waals surface area contributed by atoms with Crippen LogP contribution >= 0.6 is 0 Å². The summed E-state index contributed by atoms with van der Waals surface area (Å²) < 4.78 is 0. The molecule has 1 aliphatic rings. The third kappa shape index (κ3) is 3.75. The van der Waals surface area contributed by atoms with Crippen LogP contribution in [0.4, 0.5) is 0 Å². The highest BCUT2D eigenvalue weighted by Gasteiger charge is 2.09. The topological polar surface area (TPSA) is 0 Å². The first-order valence-corrected chi connectivity index (χ1v) is 5.13. The van der Waals surface area contributed by atoms with Gasteiger partial charge in [0.2, 0.25) is 0 Å². The van der Waals surface area contributed by atoms with Crippen LogP contribution in [-0.4, -0.2) is 0 Å². The van der Waals surface area contributed by atoms with Gasteiger partial charge in [0, 0.05) is 0 Å². The van der Waals surface area contributed by atoms with Crippen molar-refractivity contribution in [3.63, 3.8) is 0 Å². The summed E-state index contributed by atoms with van der Waals surface area (Å²) in [4.78, 5) is 0. The van der Waals surface area contributed by atoms with Crippen molar-refractivity contribution in [3.8, 4) is 0 Å². The second-order valence-electron chi connectivity index (χ2n) is 3.71. The van der Waals surface area contributed by atoms with Crippen LogP contribution in [0.5, 0.6) is 0 Å². The molecule has 0 atom stereocenters. The molecule has 1 radical (unpaired) electrons. The van der Waals surface area contributed by atoms with Crippen LogP contribution in [0.3, 0.4) is 0 Å². The van der Waals surface area contributed by atoms with Crippen LogP contribution in [-0.2, 0) is 0 Å². The van der Waals surface area contributed by atoms with Crippen LogP contribution < -0.4 is 0 Å². The number of hydrogen-bond acceptors (Lipinski definition) is 0. The second-order valence-corrected chi connectivity index (χ2v) is 3.71. The normalized spacial score (nSPS) is 21.0. The van der Waals surface area contributed by atoms with E-state index in [0.29, 0.717) is 0 Å². The Hall–Kier alpha value is -0.520. The predicted octanol–water partition coefficient (Wildman–Crippen LogP) is 3.89. The van der Waals surface area contributed by atoms with E-state index in [4.69, 9.17) is 6.58 Å². The van der Waals surface area contributed by atoms with Gasteiger partial charge < -0.3 is 0 Å². The van der Waals surface area contributed by atoms with Gasteiger partial charge in [0.15, 0.2) is 0 Å². The fraction of sp³-hybridized carbons (Fsp3) is 0.667. The molecule has 0 aromatic heterocycles. The summed E-state index contributed by atoms with van der Waals surface area (Å²) in [6, 6.07) is 0. The molecule has 1 fully saturated rings. The second kappa shape index (κ2) is 6.05. The van der Waals surface area contributed by atoms with E-state index in [1.807, 2.05) is 6.08 Å². The van der Waals surface area contributed by atoms with E-state index in [1.165, 1.54) is 44.9 Å². The van der Waals surface area contributed by atoms with Crippen LogP contribution in [0.15, 0.2) is 18.2 Å². The van der Waals surface area contributed by atoms with E-state index in [1.54, 1.807) is 6.08 Å². The molecule has 1 rings (SSSR count). The molecule has 1 saturated carbocycles. The Morgan fingerprint density at radius 1 is 1.08 bits per heavy atom. The van der Waals surface area contributed by atoms with Gasteiger partial charge in [0.1, 0.15) is 0 Å². The Kier molecular flexibility index (Phi) is 4.82. The lowest BCUT2D eigenvalue weighted by molar-refractivity contribution is 0.466. The highest BCUT2D eigenvalue weighted by molar-refractivity contribution is 4.96. The number of hydrogen-bond donors (Lipinski definition) is 0. The van der Waals surface area contributed by atoms with Crippen molar-refractivity contribution < 1.29 is 0 Å². The predicted molar refractivity (Wildman–Crippen MR) is 53.8 cm³/mol. The smallest absolute Gasteiger partial charge is 0.0319 e. The molecule has 0 heteroatoms. The first kappa shape index (κ1) is 9.57. The highest BCUT2D eigenvalue weighted by atomic mass is 14.1. The minimum absolute atomic E-state index is 0.934. The van der Waals surface area contributed by atoms with E-state index in [2.05, 4.69) is 6.08 Å². The lowest BCUT2D eigenvalue weighted by atomic mass is 9.96. The fourth-order valence-electron chi connectivity index (χ4n) is 1.95. The maximum absolute atomic E-state index is 5.26. The summed E-state index contributed by atoms with van der Waals surface area (Å²) in [7, 11) is 0. The van der Waals surface area contributed by atoms with Crippen LogP contribution in [0.25, 0.3) is 0 Å². The summed E-state index contributed by atoms with van der Waals surface area (Å²) in [6.45, 7) is 5.26. The Morgan fingerprint density at radius 3 is 2.33 bits per heavy atom. The quantitative estimate of drug-likeness (QED) is 0.437. The molecule has 0 nitrogen and oxygen atoms in total. The summed E-state index contributed by atoms with van der Waals surface area (Å²) in [5.41, 5.74) is 0. The maximum Gasteiger partial charge on any atom is -0.0319 e. The van der Waals surface area contributed by atoms with E-state index >= 15 is 0 Å². The van der Waals surface area contributed by atoms with Crippen molar-refractivity contribution in [1.82, 2.24) is 0 Å². The molecule has 0 unspecified atom stereocenters. The average Bonchev–Trinajstić information content (AvgIpc) is 2.33. The Bertz CT molecular complexity index is 136. The first-order valence-electron chi connectivity index (χ1n) is 5.13. The minimum atomic E-state index is 0.934. The lowest BCUT2D eigenvalue weighted by Gasteiger charge is -2.09. The van der Waals surface area contributed by atoms with Gasteiger partial charge >= 0.3 is 0 Å². The Labute approximate surface area is 76.4 Å². The van der Waals surface area contributed by atoms with Crippen LogP contribution in [0, 0.1) is 12.5 Å². The van der Waals surface area contributed by atoms with Crippen molar-refractivity contribution in [2.24, 2.45) is 5.92 Å². The van der Waals surface area contributed by atoms with E-state index in [9.17, 15) is 0 Å². The molecule has 0 spiro atoms. The molecular formula is C12H19. The van der Waals surface area contributed by atoms with Crippen LogP contribution in [0.2, 0.25) is 0 Å². The first-order chi connectivity index (χ1) is 5.93. The SMILES string of the molecule is [CH]=C/C=C/CC1CCCCCC1. The zero-order valence-electron chi connectivity index (χ0n) is 7.84. The lowest BCUT2D eigenvalue weighted by Crippen LogP contribution is -1.95. The summed E-state index contributed by atoms with van der Waals surface area (Å²) in [5, 5.41) is 0. The van der Waals surface area contributed by atoms with Crippen molar-refractivity contribution in [2.45, 2.75) is 44.9 Å². The van der Waals surface area contributed by atoms with Gasteiger partial charge in [-0.3, -0.25) is 0 Å². The van der Waals surface area contributed by atoms with Gasteiger partial charge in [-0.2, -0.15) is 0 Å². The Morgan fingerprint density at radius 2 is 1.75 bits per heavy atom. The van der Waals surface area contributed by atoms with Gasteiger partial charge in [-0.25, -0.2) is 0 Å². The zero-order valence-corrected chi connectivity index (χ0v) is 7.84. The standard InChI is InChI=1S/C12H19/c1-2-3-6-9-12-10-7-4-5-8-11-12/h1-3,6,12H,4-5,7-11H2/b2-1?,6-3+. The summed E-state index contributed by atoms with van der Waals surface area (Å²) in [6.07, 6.45) is 15.6. The number of allylic oxidation sites excluding steroid dienone is 3. The van der Waals surface area contributed by atoms with Gasteiger partial charge in [-0.1, -0.05) is 63.3 Å². The van der Waals surface area contributed by atoms with E-state index < -0.39 is 0 Å². The van der Waals surface area contributed by atoms with Gasteiger partial charge in [-0.05, 0) is 12.3 Å². The van der Waals surface area contributed by atoms with Gasteiger partial charge in [-0.15, -0.1) is 0 Å². The third-order valence-electron chi connectivity index (χ3n) is 2.69. The van der Waals surface area contributed by atoms with Crippen molar-refractivity contribution in [2.75, 3.05) is 0 Å². The monoisotopic (exact) mass is 163 g/mol. The summed E-state index contributed by atoms with van der Waals surface area (Å²) in [5.74, 6) is 0.934. The molecule has 0 N–H and O–H groups in total. The highest BCUT2D eigenvalue weighted by Crippen LogP contribution is 2.25. The van der Waals surface area contributed by atoms with Crippen molar-refractivity contribution in [3.05, 3.63) is 24.8 Å². The largest absolute Gasteiger partial charge is 0.0843 e. The molecule has 67 valence electrons. The van der Waals surface area contributed by atoms with Gasteiger partial charge in [0.05, 0.1) is 0 Å². The molecular weight excluding hydrogens is 144 g/mol. The minimum Gasteiger partial charge on any atom is -0.0843 e. The van der Waals surface area contributed by atoms with Crippen molar-refractivity contribution in [1.29, 1.82) is 0 Å². The number of rotatable bonds is 3. The molecule has 0 aromatic rings. The third-order valence-corrected chi connectivity index (χ3v) is 2.69. The Balaban J connectivity index is 2.20. The molecule has 0 amide bonds. The molecule has 1 aliphatic carbocycles. The van der Waals surface area contributed by atoms with E-state index in [-0.39, 0.29) is 0 Å². The molecule has 0 aliphatic heterocycles. The molecule has 0 saturated heterocycles. The molecule has 0 aromatic carbocycles.